The lowest BCUT2D eigenvalue weighted by Gasteiger charge is -2.00. The number of pyridine rings is 1. The summed E-state index contributed by atoms with van der Waals surface area (Å²) in [5.41, 5.74) is 2.65. The Labute approximate surface area is 105 Å². The van der Waals surface area contributed by atoms with E-state index in [2.05, 4.69) is 15.1 Å². The highest BCUT2D eigenvalue weighted by molar-refractivity contribution is 5.81. The van der Waals surface area contributed by atoms with Gasteiger partial charge in [0.2, 0.25) is 11.7 Å². The molecule has 0 aromatic carbocycles. The van der Waals surface area contributed by atoms with Gasteiger partial charge in [-0.3, -0.25) is 9.78 Å². The zero-order valence-corrected chi connectivity index (χ0v) is 10.9. The second-order valence-electron chi connectivity index (χ2n) is 4.43. The van der Waals surface area contributed by atoms with Gasteiger partial charge in [0.15, 0.2) is 0 Å². The van der Waals surface area contributed by atoms with Crippen LogP contribution in [0, 0.1) is 13.8 Å². The van der Waals surface area contributed by atoms with E-state index in [4.69, 9.17) is 4.52 Å². The van der Waals surface area contributed by atoms with Crippen LogP contribution in [0.2, 0.25) is 0 Å². The van der Waals surface area contributed by atoms with Crippen LogP contribution in [0.5, 0.6) is 0 Å². The van der Waals surface area contributed by atoms with Gasteiger partial charge in [0, 0.05) is 17.0 Å². The molecule has 94 valence electrons. The summed E-state index contributed by atoms with van der Waals surface area (Å²) >= 11 is 0. The molecule has 5 nitrogen and oxygen atoms in total. The fourth-order valence-electron chi connectivity index (χ4n) is 1.67. The van der Waals surface area contributed by atoms with Crippen LogP contribution < -0.4 is 0 Å². The first kappa shape index (κ1) is 12.4. The smallest absolute Gasteiger partial charge is 0.237 e. The fraction of sp³-hybridized carbons (Fsp3) is 0.385. The Bertz CT molecular complexity index is 569. The van der Waals surface area contributed by atoms with Crippen LogP contribution in [0.1, 0.15) is 37.0 Å². The van der Waals surface area contributed by atoms with Crippen molar-refractivity contribution < 1.29 is 9.32 Å². The minimum absolute atomic E-state index is 0.00675. The van der Waals surface area contributed by atoms with Gasteiger partial charge < -0.3 is 4.52 Å². The van der Waals surface area contributed by atoms with Gasteiger partial charge in [-0.15, -0.1) is 0 Å². The Hall–Kier alpha value is -2.04. The zero-order valence-electron chi connectivity index (χ0n) is 10.9. The maximum absolute atomic E-state index is 11.3. The van der Waals surface area contributed by atoms with Crippen molar-refractivity contribution in [2.45, 2.75) is 33.6 Å². The zero-order chi connectivity index (χ0) is 13.3. The lowest BCUT2D eigenvalue weighted by atomic mass is 10.1. The van der Waals surface area contributed by atoms with Crippen LogP contribution in [0.25, 0.3) is 11.4 Å². The number of Topliss-reactive ketones (excluding diaryl/α,β-unsaturated/α-hetero) is 1. The van der Waals surface area contributed by atoms with Crippen molar-refractivity contribution in [3.05, 3.63) is 29.4 Å². The second-order valence-corrected chi connectivity index (χ2v) is 4.43. The van der Waals surface area contributed by atoms with Crippen LogP contribution in [0.15, 0.2) is 16.7 Å². The molecule has 2 heterocycles. The first-order valence-corrected chi connectivity index (χ1v) is 5.77. The molecule has 0 saturated carbocycles. The molecule has 1 atom stereocenters. The standard InChI is InChI=1S/C13H15N3O2/c1-7-5-11(6-8(2)14-7)12-15-13(18-16-12)9(3)10(4)17/h5-6,9H,1-4H3. The van der Waals surface area contributed by atoms with E-state index < -0.39 is 0 Å². The molecule has 0 aliphatic heterocycles. The van der Waals surface area contributed by atoms with E-state index >= 15 is 0 Å². The first-order chi connectivity index (χ1) is 8.47. The topological polar surface area (TPSA) is 68.9 Å². The normalized spacial score (nSPS) is 12.4. The van der Waals surface area contributed by atoms with Gasteiger partial charge in [-0.25, -0.2) is 0 Å². The molecule has 0 fully saturated rings. The first-order valence-electron chi connectivity index (χ1n) is 5.77. The summed E-state index contributed by atoms with van der Waals surface area (Å²) in [5, 5.41) is 3.91. The summed E-state index contributed by atoms with van der Waals surface area (Å²) in [7, 11) is 0. The molecule has 2 rings (SSSR count). The molecule has 5 heteroatoms. The quantitative estimate of drug-likeness (QED) is 0.830. The molecular formula is C13H15N3O2. The highest BCUT2D eigenvalue weighted by Crippen LogP contribution is 2.21. The molecule has 0 aliphatic rings. The minimum Gasteiger partial charge on any atom is -0.338 e. The molecule has 0 radical (unpaired) electrons. The Morgan fingerprint density at radius 1 is 1.22 bits per heavy atom. The Kier molecular flexibility index (Phi) is 3.23. The van der Waals surface area contributed by atoms with Crippen LogP contribution >= 0.6 is 0 Å². The largest absolute Gasteiger partial charge is 0.338 e. The predicted octanol–water partition coefficient (Wildman–Crippen LogP) is 2.44. The molecule has 0 spiro atoms. The molecule has 0 aliphatic carbocycles. The average molecular weight is 245 g/mol. The van der Waals surface area contributed by atoms with E-state index in [9.17, 15) is 4.79 Å². The van der Waals surface area contributed by atoms with Crippen LogP contribution in [0.4, 0.5) is 0 Å². The van der Waals surface area contributed by atoms with Crippen molar-refractivity contribution in [2.75, 3.05) is 0 Å². The molecule has 0 bridgehead atoms. The summed E-state index contributed by atoms with van der Waals surface area (Å²) in [6.45, 7) is 7.09. The Balaban J connectivity index is 2.37. The summed E-state index contributed by atoms with van der Waals surface area (Å²) in [6.07, 6.45) is 0. The third-order valence-corrected chi connectivity index (χ3v) is 2.76. The summed E-state index contributed by atoms with van der Waals surface area (Å²) < 4.78 is 5.12. The lowest BCUT2D eigenvalue weighted by Crippen LogP contribution is -2.04. The van der Waals surface area contributed by atoms with Gasteiger partial charge in [0.25, 0.3) is 0 Å². The van der Waals surface area contributed by atoms with E-state index in [0.29, 0.717) is 11.7 Å². The third kappa shape index (κ3) is 2.45. The van der Waals surface area contributed by atoms with Gasteiger partial charge in [-0.2, -0.15) is 4.98 Å². The molecule has 1 unspecified atom stereocenters. The second kappa shape index (κ2) is 4.68. The highest BCUT2D eigenvalue weighted by Gasteiger charge is 2.19. The van der Waals surface area contributed by atoms with Gasteiger partial charge in [-0.1, -0.05) is 5.16 Å². The van der Waals surface area contributed by atoms with E-state index in [1.165, 1.54) is 6.92 Å². The van der Waals surface area contributed by atoms with Gasteiger partial charge in [-0.05, 0) is 39.8 Å². The van der Waals surface area contributed by atoms with Crippen molar-refractivity contribution in [3.63, 3.8) is 0 Å². The van der Waals surface area contributed by atoms with E-state index in [1.807, 2.05) is 26.0 Å². The Morgan fingerprint density at radius 3 is 2.39 bits per heavy atom. The van der Waals surface area contributed by atoms with Crippen molar-refractivity contribution in [3.8, 4) is 11.4 Å². The molecular weight excluding hydrogens is 230 g/mol. The number of hydrogen-bond donors (Lipinski definition) is 0. The monoisotopic (exact) mass is 245 g/mol. The number of rotatable bonds is 3. The number of nitrogens with zero attached hydrogens (tertiary/aromatic N) is 3. The number of aromatic nitrogens is 3. The van der Waals surface area contributed by atoms with Gasteiger partial charge in [0.05, 0.1) is 5.92 Å². The summed E-state index contributed by atoms with van der Waals surface area (Å²) in [5.74, 6) is 0.485. The highest BCUT2D eigenvalue weighted by atomic mass is 16.5. The average Bonchev–Trinajstić information content (AvgIpc) is 2.75. The van der Waals surface area contributed by atoms with Crippen molar-refractivity contribution in [2.24, 2.45) is 0 Å². The van der Waals surface area contributed by atoms with Crippen molar-refractivity contribution in [1.29, 1.82) is 0 Å². The lowest BCUT2D eigenvalue weighted by molar-refractivity contribution is -0.118. The van der Waals surface area contributed by atoms with Gasteiger partial charge >= 0.3 is 0 Å². The minimum atomic E-state index is -0.365. The van der Waals surface area contributed by atoms with Crippen LogP contribution in [-0.2, 0) is 4.79 Å². The number of ketones is 1. The molecule has 0 amide bonds. The summed E-state index contributed by atoms with van der Waals surface area (Å²) in [4.78, 5) is 19.8. The predicted molar refractivity (Wildman–Crippen MR) is 66.1 cm³/mol. The number of hydrogen-bond acceptors (Lipinski definition) is 5. The van der Waals surface area contributed by atoms with Crippen LogP contribution in [0.3, 0.4) is 0 Å². The summed E-state index contributed by atoms with van der Waals surface area (Å²) in [6, 6.07) is 3.78. The van der Waals surface area contributed by atoms with E-state index in [0.717, 1.165) is 17.0 Å². The van der Waals surface area contributed by atoms with E-state index in [1.54, 1.807) is 6.92 Å². The fourth-order valence-corrected chi connectivity index (χ4v) is 1.67. The number of carbonyl (C=O) groups is 1. The van der Waals surface area contributed by atoms with Crippen molar-refractivity contribution >= 4 is 5.78 Å². The maximum Gasteiger partial charge on any atom is 0.237 e. The third-order valence-electron chi connectivity index (χ3n) is 2.76. The Morgan fingerprint density at radius 2 is 1.83 bits per heavy atom. The van der Waals surface area contributed by atoms with Gasteiger partial charge in [0.1, 0.15) is 5.78 Å². The molecule has 2 aromatic rings. The SMILES string of the molecule is CC(=O)C(C)c1nc(-c2cc(C)nc(C)c2)no1. The number of aryl methyl sites for hydroxylation is 2. The molecule has 2 aromatic heterocycles. The van der Waals surface area contributed by atoms with E-state index in [-0.39, 0.29) is 11.7 Å². The molecule has 0 saturated heterocycles. The van der Waals surface area contributed by atoms with Crippen molar-refractivity contribution in [1.82, 2.24) is 15.1 Å². The molecule has 0 N–H and O–H groups in total. The maximum atomic E-state index is 11.3. The molecule has 18 heavy (non-hydrogen) atoms. The number of carbonyl (C=O) groups excluding carboxylic acids is 1. The van der Waals surface area contributed by atoms with Crippen LogP contribution in [-0.4, -0.2) is 20.9 Å².